The van der Waals surface area contributed by atoms with Crippen LogP contribution in [0.4, 0.5) is 0 Å². The summed E-state index contributed by atoms with van der Waals surface area (Å²) in [6.07, 6.45) is -14.3. The Bertz CT molecular complexity index is 942. The molecule has 2 heterocycles. The second-order valence-corrected chi connectivity index (χ2v) is 8.45. The van der Waals surface area contributed by atoms with Crippen LogP contribution in [0.3, 0.4) is 0 Å². The third-order valence-corrected chi connectivity index (χ3v) is 5.51. The fraction of sp³-hybridized carbons (Fsp3) is 0.714. The van der Waals surface area contributed by atoms with Crippen molar-refractivity contribution in [3.8, 4) is 0 Å². The number of methoxy groups -OCH3 is 1. The summed E-state index contributed by atoms with van der Waals surface area (Å²) in [5, 5.41) is 34.5. The molecular formula is C21H30N2O15. The first-order valence-electron chi connectivity index (χ1n) is 11.2. The number of carboxylic acid groups (broad SMARTS) is 2. The molecule has 0 aliphatic carbocycles. The molecule has 5 N–H and O–H groups in total. The lowest BCUT2D eigenvalue weighted by molar-refractivity contribution is -0.321. The van der Waals surface area contributed by atoms with Gasteiger partial charge < -0.3 is 54.4 Å². The van der Waals surface area contributed by atoms with Gasteiger partial charge in [-0.05, 0) is 0 Å². The fourth-order valence-electron chi connectivity index (χ4n) is 4.20. The minimum absolute atomic E-state index is 0.703. The molecule has 17 nitrogen and oxygen atoms in total. The van der Waals surface area contributed by atoms with Gasteiger partial charge in [0.15, 0.2) is 37.0 Å². The van der Waals surface area contributed by atoms with Gasteiger partial charge in [-0.1, -0.05) is 0 Å². The van der Waals surface area contributed by atoms with Crippen molar-refractivity contribution in [2.24, 2.45) is 0 Å². The van der Waals surface area contributed by atoms with E-state index in [1.165, 1.54) is 0 Å². The maximum atomic E-state index is 12.0. The third-order valence-electron chi connectivity index (χ3n) is 5.51. The Morgan fingerprint density at radius 3 is 1.55 bits per heavy atom. The van der Waals surface area contributed by atoms with Crippen molar-refractivity contribution in [1.29, 1.82) is 0 Å². The Morgan fingerprint density at radius 1 is 0.684 bits per heavy atom. The fourth-order valence-corrected chi connectivity index (χ4v) is 4.20. The van der Waals surface area contributed by atoms with Crippen LogP contribution in [0.2, 0.25) is 0 Å². The molecule has 2 amide bonds. The molecule has 0 bridgehead atoms. The van der Waals surface area contributed by atoms with Crippen LogP contribution in [0.1, 0.15) is 27.7 Å². The number of hydrogen-bond donors (Lipinski definition) is 5. The Morgan fingerprint density at radius 2 is 1.13 bits per heavy atom. The molecule has 2 aliphatic rings. The minimum Gasteiger partial charge on any atom is -0.479 e. The van der Waals surface area contributed by atoms with Gasteiger partial charge in [-0.25, -0.2) is 9.59 Å². The summed E-state index contributed by atoms with van der Waals surface area (Å²) in [6, 6.07) is -3.01. The van der Waals surface area contributed by atoms with E-state index >= 15 is 0 Å². The van der Waals surface area contributed by atoms with Gasteiger partial charge in [0.1, 0.15) is 24.3 Å². The van der Waals surface area contributed by atoms with Gasteiger partial charge in [0, 0.05) is 34.8 Å². The maximum Gasteiger partial charge on any atom is 0.335 e. The van der Waals surface area contributed by atoms with Crippen LogP contribution in [-0.4, -0.2) is 119 Å². The van der Waals surface area contributed by atoms with Crippen LogP contribution in [-0.2, 0) is 57.2 Å². The van der Waals surface area contributed by atoms with E-state index in [0.717, 1.165) is 34.8 Å². The van der Waals surface area contributed by atoms with Crippen molar-refractivity contribution in [2.45, 2.75) is 89.0 Å². The van der Waals surface area contributed by atoms with Gasteiger partial charge in [-0.2, -0.15) is 0 Å². The van der Waals surface area contributed by atoms with Crippen molar-refractivity contribution < 1.29 is 72.5 Å². The van der Waals surface area contributed by atoms with Crippen LogP contribution < -0.4 is 10.6 Å². The molecule has 0 spiro atoms. The van der Waals surface area contributed by atoms with Crippen molar-refractivity contribution >= 4 is 35.7 Å². The first-order valence-corrected chi connectivity index (χ1v) is 11.2. The topological polar surface area (TPSA) is 243 Å². The summed E-state index contributed by atoms with van der Waals surface area (Å²) in [5.41, 5.74) is 0. The van der Waals surface area contributed by atoms with E-state index in [9.17, 15) is 44.1 Å². The molecule has 214 valence electrons. The van der Waals surface area contributed by atoms with Crippen LogP contribution in [0.15, 0.2) is 0 Å². The lowest BCUT2D eigenvalue weighted by atomic mass is 9.93. The summed E-state index contributed by atoms with van der Waals surface area (Å²) in [4.78, 5) is 71.4. The van der Waals surface area contributed by atoms with Crippen LogP contribution >= 0.6 is 0 Å². The molecule has 0 saturated carbocycles. The zero-order valence-electron chi connectivity index (χ0n) is 21.0. The Hall–Kier alpha value is -3.38. The highest BCUT2D eigenvalue weighted by atomic mass is 16.7. The summed E-state index contributed by atoms with van der Waals surface area (Å²) in [6.45, 7) is 4.14. The van der Waals surface area contributed by atoms with Crippen molar-refractivity contribution in [2.75, 3.05) is 7.11 Å². The predicted octanol–water partition coefficient (Wildman–Crippen LogP) is -3.13. The number of carbonyl (C=O) groups excluding carboxylic acids is 4. The molecule has 0 radical (unpaired) electrons. The molecule has 0 aromatic heterocycles. The lowest BCUT2D eigenvalue weighted by Crippen LogP contribution is -2.70. The van der Waals surface area contributed by atoms with E-state index < -0.39 is 97.0 Å². The van der Waals surface area contributed by atoms with E-state index in [1.807, 2.05) is 0 Å². The van der Waals surface area contributed by atoms with Crippen molar-refractivity contribution in [3.63, 3.8) is 0 Å². The quantitative estimate of drug-likeness (QED) is 0.178. The first kappa shape index (κ1) is 30.8. The average molecular weight is 550 g/mol. The van der Waals surface area contributed by atoms with Crippen LogP contribution in [0, 0.1) is 0 Å². The van der Waals surface area contributed by atoms with Gasteiger partial charge in [0.05, 0.1) is 0 Å². The maximum absolute atomic E-state index is 12.0. The Balaban J connectivity index is 2.61. The number of amides is 2. The molecule has 0 aromatic carbocycles. The molecular weight excluding hydrogens is 520 g/mol. The molecule has 2 aliphatic heterocycles. The zero-order valence-corrected chi connectivity index (χ0v) is 21.0. The molecule has 2 fully saturated rings. The number of nitrogens with one attached hydrogen (secondary N) is 2. The van der Waals surface area contributed by atoms with Gasteiger partial charge in [0.25, 0.3) is 0 Å². The molecule has 0 unspecified atom stereocenters. The largest absolute Gasteiger partial charge is 0.479 e. The summed E-state index contributed by atoms with van der Waals surface area (Å²) >= 11 is 0. The van der Waals surface area contributed by atoms with E-state index in [-0.39, 0.29) is 0 Å². The van der Waals surface area contributed by atoms with Crippen molar-refractivity contribution in [1.82, 2.24) is 10.6 Å². The molecule has 38 heavy (non-hydrogen) atoms. The van der Waals surface area contributed by atoms with Gasteiger partial charge in [-0.15, -0.1) is 0 Å². The standard InChI is InChI=1S/C21H30N2O15/c1-6(24)22-10-12(34-8(3)26)15(17(19(30)31)36-20(10)32)37-21-11(23-7(2)25)13(35-9(4)27)14(33-5)16(38-21)18(28)29/h10-17,20-21,32H,1-5H3,(H,22,24)(H,23,25)(H,28,29)(H,30,31)/t10-,11-,12-,13-,14-,15-,16+,17+,20+,21+/m1/s1. The number of aliphatic hydroxyl groups is 1. The number of aliphatic hydroxyl groups excluding tert-OH is 1. The monoisotopic (exact) mass is 550 g/mol. The minimum atomic E-state index is -2.04. The average Bonchev–Trinajstić information content (AvgIpc) is 2.77. The number of carbonyl (C=O) groups is 6. The molecule has 10 atom stereocenters. The smallest absolute Gasteiger partial charge is 0.335 e. The molecule has 2 rings (SSSR count). The first-order chi connectivity index (χ1) is 17.7. The summed E-state index contributed by atoms with van der Waals surface area (Å²) in [5.74, 6) is -6.53. The van der Waals surface area contributed by atoms with Crippen LogP contribution in [0.25, 0.3) is 0 Å². The van der Waals surface area contributed by atoms with Gasteiger partial charge in [0.2, 0.25) is 11.8 Å². The third kappa shape index (κ3) is 7.35. The van der Waals surface area contributed by atoms with Gasteiger partial charge in [-0.3, -0.25) is 19.2 Å². The van der Waals surface area contributed by atoms with E-state index in [4.69, 9.17) is 28.4 Å². The SMILES string of the molecule is CO[C@@H]1[C@H](OC(C)=O)[C@@H](NC(C)=O)[C@@H](O[C@@H]2[C@H](OC(C)=O)[C@@H](NC(C)=O)[C@@H](O)O[C@@H]2C(=O)O)O[C@@H]1C(=O)O. The number of carboxylic acids is 2. The lowest BCUT2D eigenvalue weighted by Gasteiger charge is -2.48. The summed E-state index contributed by atoms with van der Waals surface area (Å²) < 4.78 is 32.0. The van der Waals surface area contributed by atoms with Crippen LogP contribution in [0.5, 0.6) is 0 Å². The highest BCUT2D eigenvalue weighted by Gasteiger charge is 2.57. The number of ether oxygens (including phenoxy) is 6. The second-order valence-electron chi connectivity index (χ2n) is 8.45. The van der Waals surface area contributed by atoms with Gasteiger partial charge >= 0.3 is 23.9 Å². The van der Waals surface area contributed by atoms with E-state index in [0.29, 0.717) is 0 Å². The number of hydrogen-bond acceptors (Lipinski definition) is 13. The van der Waals surface area contributed by atoms with E-state index in [1.54, 1.807) is 0 Å². The molecule has 17 heteroatoms. The highest BCUT2D eigenvalue weighted by Crippen LogP contribution is 2.32. The summed E-state index contributed by atoms with van der Waals surface area (Å²) in [7, 11) is 1.11. The zero-order chi connectivity index (χ0) is 28.9. The second kappa shape index (κ2) is 12.9. The Kier molecular flexibility index (Phi) is 10.5. The Labute approximate surface area is 215 Å². The van der Waals surface area contributed by atoms with Crippen molar-refractivity contribution in [3.05, 3.63) is 0 Å². The van der Waals surface area contributed by atoms with E-state index in [2.05, 4.69) is 10.6 Å². The predicted molar refractivity (Wildman–Crippen MR) is 117 cm³/mol. The molecule has 2 saturated heterocycles. The number of aliphatic carboxylic acids is 2. The number of rotatable bonds is 9. The highest BCUT2D eigenvalue weighted by molar-refractivity contribution is 5.76. The molecule has 0 aromatic rings. The normalized spacial score (nSPS) is 34.9. The number of esters is 2.